The van der Waals surface area contributed by atoms with E-state index in [4.69, 9.17) is 15.7 Å². The molecule has 3 nitrogen and oxygen atoms in total. The van der Waals surface area contributed by atoms with Gasteiger partial charge in [0.2, 0.25) is 0 Å². The Kier molecular flexibility index (Phi) is 4.97. The van der Waals surface area contributed by atoms with Gasteiger partial charge < -0.3 is 10.5 Å². The third-order valence-corrected chi connectivity index (χ3v) is 3.39. The van der Waals surface area contributed by atoms with Crippen molar-refractivity contribution in [1.82, 2.24) is 0 Å². The Bertz CT molecular complexity index is 648. The molecule has 0 aliphatic heterocycles. The van der Waals surface area contributed by atoms with Crippen LogP contribution in [0.1, 0.15) is 27.8 Å². The standard InChI is InChI=1S/C18H20N2O/c1-13-8-15(6-7-19)9-14(2)18(13)21-12-17-5-3-4-16(10-17)11-20/h3-5,8-10H,6-7,12,19H2,1-2H3. The van der Waals surface area contributed by atoms with Gasteiger partial charge in [0.25, 0.3) is 0 Å². The molecule has 3 heteroatoms. The van der Waals surface area contributed by atoms with Crippen LogP contribution in [0.2, 0.25) is 0 Å². The summed E-state index contributed by atoms with van der Waals surface area (Å²) >= 11 is 0. The van der Waals surface area contributed by atoms with E-state index < -0.39 is 0 Å². The SMILES string of the molecule is Cc1cc(CCN)cc(C)c1OCc1cccc(C#N)c1. The molecule has 2 N–H and O–H groups in total. The minimum atomic E-state index is 0.466. The van der Waals surface area contributed by atoms with E-state index in [9.17, 15) is 0 Å². The molecule has 0 heterocycles. The maximum absolute atomic E-state index is 8.92. The van der Waals surface area contributed by atoms with Gasteiger partial charge in [-0.05, 0) is 61.2 Å². The van der Waals surface area contributed by atoms with Gasteiger partial charge in [0.1, 0.15) is 12.4 Å². The van der Waals surface area contributed by atoms with E-state index in [1.54, 1.807) is 6.07 Å². The Morgan fingerprint density at radius 2 is 1.81 bits per heavy atom. The fourth-order valence-electron chi connectivity index (χ4n) is 2.46. The third-order valence-electron chi connectivity index (χ3n) is 3.39. The highest BCUT2D eigenvalue weighted by Gasteiger charge is 2.07. The van der Waals surface area contributed by atoms with Crippen LogP contribution in [0.4, 0.5) is 0 Å². The zero-order chi connectivity index (χ0) is 15.2. The fourth-order valence-corrected chi connectivity index (χ4v) is 2.46. The summed E-state index contributed by atoms with van der Waals surface area (Å²) in [6.45, 7) is 5.22. The van der Waals surface area contributed by atoms with Crippen LogP contribution in [0, 0.1) is 25.2 Å². The number of benzene rings is 2. The van der Waals surface area contributed by atoms with Gasteiger partial charge in [-0.1, -0.05) is 24.3 Å². The monoisotopic (exact) mass is 280 g/mol. The molecule has 0 aliphatic rings. The second kappa shape index (κ2) is 6.92. The summed E-state index contributed by atoms with van der Waals surface area (Å²) in [6, 6.07) is 13.9. The minimum absolute atomic E-state index is 0.466. The number of nitrogens with two attached hydrogens (primary N) is 1. The van der Waals surface area contributed by atoms with E-state index in [-0.39, 0.29) is 0 Å². The van der Waals surface area contributed by atoms with Crippen molar-refractivity contribution >= 4 is 0 Å². The van der Waals surface area contributed by atoms with Gasteiger partial charge in [0.05, 0.1) is 11.6 Å². The molecule has 0 saturated heterocycles. The largest absolute Gasteiger partial charge is 0.488 e. The highest BCUT2D eigenvalue weighted by Crippen LogP contribution is 2.26. The van der Waals surface area contributed by atoms with Crippen molar-refractivity contribution in [3.05, 3.63) is 64.2 Å². The Labute approximate surface area is 126 Å². The summed E-state index contributed by atoms with van der Waals surface area (Å²) in [4.78, 5) is 0. The van der Waals surface area contributed by atoms with Crippen molar-refractivity contribution in [3.63, 3.8) is 0 Å². The summed E-state index contributed by atoms with van der Waals surface area (Å²) in [5.74, 6) is 0.915. The average Bonchev–Trinajstić information content (AvgIpc) is 2.47. The number of hydrogen-bond acceptors (Lipinski definition) is 3. The molecule has 0 aromatic heterocycles. The second-order valence-electron chi connectivity index (χ2n) is 5.20. The first kappa shape index (κ1) is 15.1. The molecule has 0 bridgehead atoms. The van der Waals surface area contributed by atoms with Crippen molar-refractivity contribution < 1.29 is 4.74 Å². The molecule has 21 heavy (non-hydrogen) atoms. The number of nitrogens with zero attached hydrogens (tertiary/aromatic N) is 1. The smallest absolute Gasteiger partial charge is 0.125 e. The maximum atomic E-state index is 8.92. The summed E-state index contributed by atoms with van der Waals surface area (Å²) in [5.41, 5.74) is 10.7. The first-order valence-corrected chi connectivity index (χ1v) is 7.06. The maximum Gasteiger partial charge on any atom is 0.125 e. The quantitative estimate of drug-likeness (QED) is 0.914. The summed E-state index contributed by atoms with van der Waals surface area (Å²) < 4.78 is 5.95. The molecule has 0 amide bonds. The zero-order valence-electron chi connectivity index (χ0n) is 12.5. The van der Waals surface area contributed by atoms with Crippen LogP contribution in [0.15, 0.2) is 36.4 Å². The van der Waals surface area contributed by atoms with E-state index >= 15 is 0 Å². The zero-order valence-corrected chi connectivity index (χ0v) is 12.5. The van der Waals surface area contributed by atoms with Crippen LogP contribution in [-0.4, -0.2) is 6.54 Å². The van der Waals surface area contributed by atoms with E-state index in [0.717, 1.165) is 28.9 Å². The first-order chi connectivity index (χ1) is 10.1. The van der Waals surface area contributed by atoms with E-state index in [1.165, 1.54) is 5.56 Å². The number of rotatable bonds is 5. The molecule has 2 aromatic carbocycles. The Balaban J connectivity index is 2.14. The molecule has 0 saturated carbocycles. The molecular formula is C18H20N2O. The first-order valence-electron chi connectivity index (χ1n) is 7.06. The van der Waals surface area contributed by atoms with Gasteiger partial charge in [-0.3, -0.25) is 0 Å². The predicted octanol–water partition coefficient (Wildman–Crippen LogP) is 3.26. The topological polar surface area (TPSA) is 59.0 Å². The lowest BCUT2D eigenvalue weighted by molar-refractivity contribution is 0.302. The number of hydrogen-bond donors (Lipinski definition) is 1. The molecule has 108 valence electrons. The van der Waals surface area contributed by atoms with Gasteiger partial charge in [0, 0.05) is 0 Å². The minimum Gasteiger partial charge on any atom is -0.488 e. The van der Waals surface area contributed by atoms with Crippen molar-refractivity contribution in [2.75, 3.05) is 6.54 Å². The molecule has 0 fully saturated rings. The van der Waals surface area contributed by atoms with Crippen LogP contribution in [0.25, 0.3) is 0 Å². The normalized spacial score (nSPS) is 10.2. The van der Waals surface area contributed by atoms with Crippen LogP contribution in [0.5, 0.6) is 5.75 Å². The molecule has 0 unspecified atom stereocenters. The van der Waals surface area contributed by atoms with Gasteiger partial charge in [-0.2, -0.15) is 5.26 Å². The van der Waals surface area contributed by atoms with Gasteiger partial charge >= 0.3 is 0 Å². The highest BCUT2D eigenvalue weighted by molar-refractivity contribution is 5.43. The highest BCUT2D eigenvalue weighted by atomic mass is 16.5. The lowest BCUT2D eigenvalue weighted by Crippen LogP contribution is -2.05. The summed E-state index contributed by atoms with van der Waals surface area (Å²) in [7, 11) is 0. The van der Waals surface area contributed by atoms with Gasteiger partial charge in [-0.25, -0.2) is 0 Å². The molecule has 0 spiro atoms. The van der Waals surface area contributed by atoms with E-state index in [1.807, 2.05) is 32.0 Å². The van der Waals surface area contributed by atoms with Gasteiger partial charge in [-0.15, -0.1) is 0 Å². The number of aryl methyl sites for hydroxylation is 2. The average molecular weight is 280 g/mol. The van der Waals surface area contributed by atoms with Gasteiger partial charge in [0.15, 0.2) is 0 Å². The van der Waals surface area contributed by atoms with Crippen molar-refractivity contribution in [1.29, 1.82) is 5.26 Å². The number of nitriles is 1. The predicted molar refractivity (Wildman–Crippen MR) is 84.2 cm³/mol. The van der Waals surface area contributed by atoms with E-state index in [2.05, 4.69) is 18.2 Å². The lowest BCUT2D eigenvalue weighted by Gasteiger charge is -2.14. The number of ether oxygens (including phenoxy) is 1. The Morgan fingerprint density at radius 1 is 1.10 bits per heavy atom. The Hall–Kier alpha value is -2.31. The lowest BCUT2D eigenvalue weighted by atomic mass is 10.0. The molecule has 0 aliphatic carbocycles. The van der Waals surface area contributed by atoms with Crippen LogP contribution in [-0.2, 0) is 13.0 Å². The molecule has 0 radical (unpaired) electrons. The molecular weight excluding hydrogens is 260 g/mol. The third kappa shape index (κ3) is 3.84. The van der Waals surface area contributed by atoms with Crippen LogP contribution in [0.3, 0.4) is 0 Å². The van der Waals surface area contributed by atoms with Crippen LogP contribution < -0.4 is 10.5 Å². The van der Waals surface area contributed by atoms with Crippen LogP contribution >= 0.6 is 0 Å². The molecule has 2 rings (SSSR count). The Morgan fingerprint density at radius 3 is 2.43 bits per heavy atom. The fraction of sp³-hybridized carbons (Fsp3) is 0.278. The summed E-state index contributed by atoms with van der Waals surface area (Å²) in [5, 5.41) is 8.92. The van der Waals surface area contributed by atoms with Crippen molar-refractivity contribution in [2.45, 2.75) is 26.9 Å². The summed E-state index contributed by atoms with van der Waals surface area (Å²) in [6.07, 6.45) is 0.881. The van der Waals surface area contributed by atoms with Crippen molar-refractivity contribution in [2.24, 2.45) is 5.73 Å². The van der Waals surface area contributed by atoms with E-state index in [0.29, 0.717) is 18.7 Å². The van der Waals surface area contributed by atoms with Crippen molar-refractivity contribution in [3.8, 4) is 11.8 Å². The molecule has 0 atom stereocenters. The second-order valence-corrected chi connectivity index (χ2v) is 5.20. The molecule has 2 aromatic rings.